The van der Waals surface area contributed by atoms with Crippen molar-refractivity contribution in [2.75, 3.05) is 39.3 Å². The number of nitrogens with one attached hydrogen (secondary N) is 2. The molecule has 8 nitrogen and oxygen atoms in total. The van der Waals surface area contributed by atoms with Gasteiger partial charge in [-0.25, -0.2) is 0 Å². The number of nitrogens with zero attached hydrogens (tertiary/aromatic N) is 2. The van der Waals surface area contributed by atoms with Gasteiger partial charge in [-0.05, 0) is 35.4 Å². The van der Waals surface area contributed by atoms with Crippen molar-refractivity contribution in [3.63, 3.8) is 0 Å². The standard InChI is InChI=1S/C20H26N4O4.ClH.Fe/c25-17-3-1-15(19(27)11-17)13-23-9-7-21-5-6-22-8-10-24-14-16-2-4-18(26)12-20(16)28;;/h1-4,11-14,21-22,25-28H,5-10H2;1H;/q;;+5/p-3. The third-order valence-corrected chi connectivity index (χ3v) is 3.77. The molecule has 0 bridgehead atoms. The molecule has 10 heteroatoms. The second-order valence-corrected chi connectivity index (χ2v) is 6.01. The number of rotatable bonds is 11. The monoisotopic (exact) mass is 475 g/mol. The van der Waals surface area contributed by atoms with E-state index in [-0.39, 0.29) is 52.5 Å². The summed E-state index contributed by atoms with van der Waals surface area (Å²) in [6.07, 6.45) is 3.03. The van der Waals surface area contributed by atoms with Gasteiger partial charge in [0, 0.05) is 38.6 Å². The van der Waals surface area contributed by atoms with Crippen LogP contribution in [0.4, 0.5) is 0 Å². The molecular weight excluding hydrogens is 452 g/mol. The summed E-state index contributed by atoms with van der Waals surface area (Å²) in [5, 5.41) is 47.9. The minimum Gasteiger partial charge on any atom is -1.00 e. The largest absolute Gasteiger partial charge is 5.00 e. The Morgan fingerprint density at radius 1 is 0.733 bits per heavy atom. The van der Waals surface area contributed by atoms with Crippen LogP contribution in [0.5, 0.6) is 23.0 Å². The van der Waals surface area contributed by atoms with Gasteiger partial charge in [-0.2, -0.15) is 0 Å². The number of hydrogen-bond donors (Lipinski definition) is 4. The summed E-state index contributed by atoms with van der Waals surface area (Å²) in [6, 6.07) is 8.34. The van der Waals surface area contributed by atoms with E-state index in [1.54, 1.807) is 12.1 Å². The molecule has 0 unspecified atom stereocenters. The van der Waals surface area contributed by atoms with Crippen LogP contribution in [0.1, 0.15) is 11.1 Å². The van der Waals surface area contributed by atoms with Gasteiger partial charge in [-0.3, -0.25) is 9.98 Å². The van der Waals surface area contributed by atoms with Crippen molar-refractivity contribution < 1.29 is 49.9 Å². The van der Waals surface area contributed by atoms with E-state index in [2.05, 4.69) is 20.6 Å². The van der Waals surface area contributed by atoms with Crippen LogP contribution in [0.2, 0.25) is 0 Å². The van der Waals surface area contributed by atoms with Crippen LogP contribution in [-0.4, -0.2) is 61.9 Å². The summed E-state index contributed by atoms with van der Waals surface area (Å²) in [6.45, 7) is 4.02. The summed E-state index contributed by atoms with van der Waals surface area (Å²) in [5.41, 5.74) is 0.910. The van der Waals surface area contributed by atoms with Crippen molar-refractivity contribution >= 4 is 12.4 Å². The molecule has 0 aliphatic heterocycles. The van der Waals surface area contributed by atoms with Crippen LogP contribution in [-0.2, 0) is 17.1 Å². The minimum atomic E-state index is -0.250. The number of halogens is 1. The number of aliphatic imine (C=N–C) groups is 2. The van der Waals surface area contributed by atoms with Crippen LogP contribution in [0, 0.1) is 0 Å². The number of hydrogen-bond acceptors (Lipinski definition) is 8. The first kappa shape index (κ1) is 27.7. The molecule has 2 rings (SSSR count). The third kappa shape index (κ3) is 10.5. The second kappa shape index (κ2) is 15.5. The molecule has 0 atom stereocenters. The molecule has 0 aliphatic carbocycles. The first-order valence-corrected chi connectivity index (χ1v) is 8.97. The van der Waals surface area contributed by atoms with Crippen molar-refractivity contribution in [2.45, 2.75) is 0 Å². The number of aromatic hydroxyl groups is 2. The first-order valence-electron chi connectivity index (χ1n) is 8.97. The Balaban J connectivity index is 0.00000420. The fourth-order valence-electron chi connectivity index (χ4n) is 2.30. The Morgan fingerprint density at radius 3 is 1.50 bits per heavy atom. The van der Waals surface area contributed by atoms with Crippen molar-refractivity contribution in [1.29, 1.82) is 0 Å². The van der Waals surface area contributed by atoms with E-state index in [4.69, 9.17) is 0 Å². The molecule has 4 N–H and O–H groups in total. The average Bonchev–Trinajstić information content (AvgIpc) is 2.65. The normalized spacial score (nSPS) is 10.8. The molecule has 0 amide bonds. The summed E-state index contributed by atoms with van der Waals surface area (Å²) in [7, 11) is 0. The third-order valence-electron chi connectivity index (χ3n) is 3.77. The van der Waals surface area contributed by atoms with Crippen LogP contribution < -0.4 is 33.3 Å². The number of phenols is 2. The Morgan fingerprint density at radius 2 is 1.13 bits per heavy atom. The van der Waals surface area contributed by atoms with E-state index < -0.39 is 0 Å². The molecule has 0 aromatic heterocycles. The van der Waals surface area contributed by atoms with Gasteiger partial charge in [-0.1, -0.05) is 23.6 Å². The quantitative estimate of drug-likeness (QED) is 0.155. The van der Waals surface area contributed by atoms with E-state index in [0.29, 0.717) is 37.3 Å². The predicted octanol–water partition coefficient (Wildman–Crippen LogP) is -3.04. The van der Waals surface area contributed by atoms with E-state index in [0.717, 1.165) is 13.1 Å². The predicted molar refractivity (Wildman–Crippen MR) is 106 cm³/mol. The van der Waals surface area contributed by atoms with Gasteiger partial charge in [0.2, 0.25) is 0 Å². The Hall–Kier alpha value is -2.29. The Labute approximate surface area is 192 Å². The minimum absolute atomic E-state index is 0. The Bertz CT molecular complexity index is 754. The second-order valence-electron chi connectivity index (χ2n) is 6.01. The van der Waals surface area contributed by atoms with Crippen LogP contribution in [0.15, 0.2) is 46.4 Å². The molecular formula is C20H24ClFeN4O4+2. The van der Waals surface area contributed by atoms with Crippen LogP contribution in [0.3, 0.4) is 0 Å². The van der Waals surface area contributed by atoms with Crippen molar-refractivity contribution in [1.82, 2.24) is 10.6 Å². The molecule has 161 valence electrons. The molecule has 2 aromatic rings. The van der Waals surface area contributed by atoms with Gasteiger partial charge in [0.15, 0.2) is 0 Å². The number of benzene rings is 2. The maximum Gasteiger partial charge on any atom is 5.00 e. The maximum absolute atomic E-state index is 11.6. The smallest absolute Gasteiger partial charge is 1.00 e. The van der Waals surface area contributed by atoms with Crippen molar-refractivity contribution in [2.24, 2.45) is 9.98 Å². The van der Waals surface area contributed by atoms with E-state index >= 15 is 0 Å². The van der Waals surface area contributed by atoms with E-state index in [9.17, 15) is 20.4 Å². The maximum atomic E-state index is 11.6. The van der Waals surface area contributed by atoms with Gasteiger partial charge in [0.1, 0.15) is 11.5 Å². The van der Waals surface area contributed by atoms with Crippen molar-refractivity contribution in [3.05, 3.63) is 47.5 Å². The SMILES string of the molecule is [Cl-].[Fe+5].[O-]c1cc(O)ccc1C=NCCNCCNCCN=Cc1ccc(O)cc1[O-]. The average molecular weight is 476 g/mol. The van der Waals surface area contributed by atoms with E-state index in [1.165, 1.54) is 36.7 Å². The first-order chi connectivity index (χ1) is 13.6. The molecule has 0 fully saturated rings. The fourth-order valence-corrected chi connectivity index (χ4v) is 2.30. The molecule has 0 heterocycles. The number of phenolic OH excluding ortho intramolecular Hbond substituents is 2. The molecule has 0 saturated carbocycles. The van der Waals surface area contributed by atoms with Crippen molar-refractivity contribution in [3.8, 4) is 23.0 Å². The fraction of sp³-hybridized carbons (Fsp3) is 0.300. The zero-order valence-electron chi connectivity index (χ0n) is 16.2. The van der Waals surface area contributed by atoms with Gasteiger partial charge in [0.05, 0.1) is 13.1 Å². The summed E-state index contributed by atoms with van der Waals surface area (Å²) >= 11 is 0. The summed E-state index contributed by atoms with van der Waals surface area (Å²) in [4.78, 5) is 8.36. The molecule has 2 aromatic carbocycles. The van der Waals surface area contributed by atoms with Gasteiger partial charge in [-0.15, -0.1) is 0 Å². The zero-order chi connectivity index (χ0) is 20.2. The van der Waals surface area contributed by atoms with Crippen LogP contribution >= 0.6 is 0 Å². The van der Waals surface area contributed by atoms with Crippen LogP contribution in [0.25, 0.3) is 0 Å². The Kier molecular flexibility index (Phi) is 14.4. The molecule has 30 heavy (non-hydrogen) atoms. The van der Waals surface area contributed by atoms with Gasteiger partial charge < -0.3 is 43.5 Å². The van der Waals surface area contributed by atoms with Gasteiger partial charge in [0.25, 0.3) is 0 Å². The summed E-state index contributed by atoms with van der Waals surface area (Å²) < 4.78 is 0. The molecule has 0 spiro atoms. The summed E-state index contributed by atoms with van der Waals surface area (Å²) in [5.74, 6) is -0.587. The molecule has 0 aliphatic rings. The zero-order valence-corrected chi connectivity index (χ0v) is 18.1. The topological polar surface area (TPSA) is 135 Å². The van der Waals surface area contributed by atoms with E-state index in [1.807, 2.05) is 0 Å². The molecule has 1 radical (unpaired) electrons. The molecule has 0 saturated heterocycles. The van der Waals surface area contributed by atoms with Gasteiger partial charge >= 0.3 is 17.1 Å².